The van der Waals surface area contributed by atoms with Gasteiger partial charge < -0.3 is 24.8 Å². The minimum Gasteiger partial charge on any atom is -1.00 e. The van der Waals surface area contributed by atoms with E-state index in [2.05, 4.69) is 84.2 Å². The molecule has 0 aliphatic heterocycles. The summed E-state index contributed by atoms with van der Waals surface area (Å²) in [7, 11) is -0.953. The van der Waals surface area contributed by atoms with Crippen molar-refractivity contribution < 1.29 is 51.0 Å². The third-order valence-electron chi connectivity index (χ3n) is 4.14. The molecular formula is C21H32Cl2SiZr. The molecule has 4 heteroatoms. The van der Waals surface area contributed by atoms with E-state index in [1.165, 1.54) is 39.4 Å². The first-order valence-electron chi connectivity index (χ1n) is 8.17. The van der Waals surface area contributed by atoms with Crippen molar-refractivity contribution in [1.82, 2.24) is 0 Å². The average molecular weight is 475 g/mol. The summed E-state index contributed by atoms with van der Waals surface area (Å²) in [6, 6.07) is 12.0. The number of halogens is 2. The van der Waals surface area contributed by atoms with Crippen molar-refractivity contribution in [2.45, 2.75) is 59.8 Å². The molecule has 0 aliphatic rings. The first kappa shape index (κ1) is 29.9. The first-order chi connectivity index (χ1) is 10.1. The fraction of sp³-hybridized carbons (Fsp3) is 0.429. The molecule has 2 rings (SSSR count). The molecule has 2 aromatic carbocycles. The normalized spacial score (nSPS) is 9.72. The molecule has 0 aromatic heterocycles. The van der Waals surface area contributed by atoms with E-state index < -0.39 is 8.07 Å². The molecule has 0 aliphatic carbocycles. The van der Waals surface area contributed by atoms with Gasteiger partial charge in [-0.1, -0.05) is 59.3 Å². The van der Waals surface area contributed by atoms with Crippen LogP contribution in [-0.2, 0) is 32.6 Å². The topological polar surface area (TPSA) is 0 Å². The molecule has 0 N–H and O–H groups in total. The minimum atomic E-state index is -0.953. The van der Waals surface area contributed by atoms with Crippen molar-refractivity contribution in [3.63, 3.8) is 0 Å². The van der Waals surface area contributed by atoms with Crippen LogP contribution in [0.2, 0.25) is 25.7 Å². The van der Waals surface area contributed by atoms with Crippen LogP contribution in [0.5, 0.6) is 0 Å². The van der Waals surface area contributed by atoms with Crippen LogP contribution in [0.15, 0.2) is 42.5 Å². The van der Waals surface area contributed by atoms with Crippen molar-refractivity contribution in [3.8, 4) is 0 Å². The second-order valence-corrected chi connectivity index (χ2v) is 13.2. The van der Waals surface area contributed by atoms with Gasteiger partial charge >= 0.3 is 26.2 Å². The maximum absolute atomic E-state index is 4.15. The van der Waals surface area contributed by atoms with E-state index in [-0.39, 0.29) is 51.0 Å². The Morgan fingerprint density at radius 2 is 1.36 bits per heavy atom. The number of aryl methyl sites for hydroxylation is 2. The maximum atomic E-state index is 4.15. The number of hydrogen-bond acceptors (Lipinski definition) is 0. The Hall–Kier alpha value is 0.120. The number of rotatable bonds is 4. The molecule has 0 unspecified atom stereocenters. The molecule has 0 radical (unpaired) electrons. The zero-order valence-electron chi connectivity index (χ0n) is 16.8. The maximum Gasteiger partial charge on any atom is 4.00 e. The molecule has 138 valence electrons. The van der Waals surface area contributed by atoms with Crippen LogP contribution < -0.4 is 24.8 Å². The molecular weight excluding hydrogens is 442 g/mol. The average Bonchev–Trinajstić information content (AvgIpc) is 2.94. The third-order valence-corrected chi connectivity index (χ3v) is 5.71. The molecule has 0 amide bonds. The minimum absolute atomic E-state index is 0. The molecule has 0 bridgehead atoms. The fourth-order valence-corrected chi connectivity index (χ4v) is 4.39. The predicted octanol–water partition coefficient (Wildman–Crippen LogP) is 0.487. The Balaban J connectivity index is -0.000000362. The molecule has 0 saturated carbocycles. The van der Waals surface area contributed by atoms with Crippen molar-refractivity contribution in [2.24, 2.45) is 0 Å². The Labute approximate surface area is 188 Å². The van der Waals surface area contributed by atoms with Gasteiger partial charge in [0.2, 0.25) is 0 Å². The van der Waals surface area contributed by atoms with E-state index in [1.54, 1.807) is 0 Å². The van der Waals surface area contributed by atoms with Crippen LogP contribution in [0.3, 0.4) is 0 Å². The van der Waals surface area contributed by atoms with Gasteiger partial charge in [-0.15, -0.1) is 6.58 Å². The van der Waals surface area contributed by atoms with Gasteiger partial charge in [-0.2, -0.15) is 46.0 Å². The van der Waals surface area contributed by atoms with Gasteiger partial charge in [-0.25, -0.2) is 12.1 Å². The zero-order valence-corrected chi connectivity index (χ0v) is 21.7. The molecule has 0 spiro atoms. The molecule has 0 nitrogen and oxygen atoms in total. The van der Waals surface area contributed by atoms with E-state index in [0.29, 0.717) is 0 Å². The Morgan fingerprint density at radius 1 is 0.960 bits per heavy atom. The van der Waals surface area contributed by atoms with Gasteiger partial charge in [-0.05, 0) is 6.04 Å². The third kappa shape index (κ3) is 11.4. The Kier molecular flexibility index (Phi) is 15.9. The van der Waals surface area contributed by atoms with Gasteiger partial charge in [0.1, 0.15) is 0 Å². The van der Waals surface area contributed by atoms with E-state index in [0.717, 1.165) is 6.42 Å². The molecule has 0 atom stereocenters. The summed E-state index contributed by atoms with van der Waals surface area (Å²) in [5.41, 5.74) is 8.55. The van der Waals surface area contributed by atoms with Crippen molar-refractivity contribution >= 4 is 8.07 Å². The summed E-state index contributed by atoms with van der Waals surface area (Å²) in [5.74, 6) is 0. The smallest absolute Gasteiger partial charge is 1.00 e. The van der Waals surface area contributed by atoms with Gasteiger partial charge in [0, 0.05) is 8.07 Å². The van der Waals surface area contributed by atoms with Crippen LogP contribution in [0.25, 0.3) is 0 Å². The summed E-state index contributed by atoms with van der Waals surface area (Å²) >= 11 is 0. The van der Waals surface area contributed by atoms with Crippen LogP contribution in [0.4, 0.5) is 0 Å². The quantitative estimate of drug-likeness (QED) is 0.344. The molecule has 25 heavy (non-hydrogen) atoms. The van der Waals surface area contributed by atoms with E-state index >= 15 is 0 Å². The van der Waals surface area contributed by atoms with Crippen LogP contribution in [0, 0.1) is 27.7 Å². The summed E-state index contributed by atoms with van der Waals surface area (Å²) in [6.45, 7) is 20.0. The summed E-state index contributed by atoms with van der Waals surface area (Å²) in [5, 5.41) is 0. The molecule has 0 saturated heterocycles. The predicted molar refractivity (Wildman–Crippen MR) is 104 cm³/mol. The van der Waals surface area contributed by atoms with Crippen molar-refractivity contribution in [3.05, 3.63) is 70.3 Å². The standard InChI is InChI=1S/C12H19Si.C9H13.2ClH.Zr/c1-11(10-13(2,3)4)9-12-7-5-6-8-12;1-6-5-7(2)9(4)8(6)3;;;/h5-8H,1,9-10H2,2-4H3;5H,1-4H3;2*1H;/q2*-1;;;+4/p-2. The largest absolute Gasteiger partial charge is 4.00 e. The Bertz CT molecular complexity index is 582. The SMILES string of the molecule is C=C(C[c-]1cccc1)C[Si](C)(C)C.Cc1[cH-]c(C)c(C)c1C.[Cl-].[Cl-].[Zr+4]. The summed E-state index contributed by atoms with van der Waals surface area (Å²) < 4.78 is 0. The second-order valence-electron chi connectivity index (χ2n) is 7.72. The van der Waals surface area contributed by atoms with Crippen LogP contribution in [-0.4, -0.2) is 8.07 Å². The number of hydrogen-bond donors (Lipinski definition) is 0. The van der Waals surface area contributed by atoms with E-state index in [9.17, 15) is 0 Å². The van der Waals surface area contributed by atoms with Crippen LogP contribution >= 0.6 is 0 Å². The van der Waals surface area contributed by atoms with Gasteiger partial charge in [0.15, 0.2) is 0 Å². The van der Waals surface area contributed by atoms with Gasteiger partial charge in [0.05, 0.1) is 0 Å². The van der Waals surface area contributed by atoms with Crippen molar-refractivity contribution in [2.75, 3.05) is 0 Å². The molecule has 0 fully saturated rings. The van der Waals surface area contributed by atoms with Gasteiger partial charge in [-0.3, -0.25) is 0 Å². The van der Waals surface area contributed by atoms with E-state index in [1.807, 2.05) is 0 Å². The first-order valence-corrected chi connectivity index (χ1v) is 11.9. The summed E-state index contributed by atoms with van der Waals surface area (Å²) in [6.07, 6.45) is 1.07. The van der Waals surface area contributed by atoms with E-state index in [4.69, 9.17) is 0 Å². The molecule has 0 heterocycles. The second kappa shape index (κ2) is 13.3. The Morgan fingerprint density at radius 3 is 1.64 bits per heavy atom. The zero-order chi connectivity index (χ0) is 16.9. The van der Waals surface area contributed by atoms with Gasteiger partial charge in [0.25, 0.3) is 0 Å². The number of allylic oxidation sites excluding steroid dienone is 1. The fourth-order valence-electron chi connectivity index (χ4n) is 2.77. The molecule has 2 aromatic rings. The van der Waals surface area contributed by atoms with Crippen molar-refractivity contribution in [1.29, 1.82) is 0 Å². The monoisotopic (exact) mass is 472 g/mol. The summed E-state index contributed by atoms with van der Waals surface area (Å²) in [4.78, 5) is 0. The van der Waals surface area contributed by atoms with Crippen LogP contribution in [0.1, 0.15) is 27.8 Å².